The van der Waals surface area contributed by atoms with Crippen molar-refractivity contribution >= 4 is 27.4 Å². The molecule has 0 spiro atoms. The first-order valence-corrected chi connectivity index (χ1v) is 10.1. The molecule has 0 N–H and O–H groups in total. The van der Waals surface area contributed by atoms with Crippen molar-refractivity contribution in [2.45, 2.75) is 17.7 Å². The van der Waals surface area contributed by atoms with E-state index in [9.17, 15) is 28.4 Å². The number of morpholine rings is 1. The molecular formula is C16H20N3O7S-. The number of aliphatic carboxylic acids is 1. The van der Waals surface area contributed by atoms with Gasteiger partial charge in [-0.2, -0.15) is 4.31 Å². The van der Waals surface area contributed by atoms with Crippen LogP contribution in [0.3, 0.4) is 0 Å². The maximum absolute atomic E-state index is 12.7. The van der Waals surface area contributed by atoms with E-state index in [1.807, 2.05) is 0 Å². The van der Waals surface area contributed by atoms with Crippen molar-refractivity contribution in [1.29, 1.82) is 0 Å². The Bertz CT molecular complexity index is 828. The van der Waals surface area contributed by atoms with Gasteiger partial charge in [0.05, 0.1) is 23.0 Å². The van der Waals surface area contributed by atoms with Crippen molar-refractivity contribution in [2.24, 2.45) is 5.92 Å². The van der Waals surface area contributed by atoms with Crippen LogP contribution in [-0.2, 0) is 19.6 Å². The Labute approximate surface area is 156 Å². The van der Waals surface area contributed by atoms with Crippen LogP contribution in [0.1, 0.15) is 12.8 Å². The summed E-state index contributed by atoms with van der Waals surface area (Å²) in [6.45, 7) is 1.63. The third kappa shape index (κ3) is 4.04. The van der Waals surface area contributed by atoms with Gasteiger partial charge in [-0.1, -0.05) is 0 Å². The minimum absolute atomic E-state index is 0.135. The van der Waals surface area contributed by atoms with Crippen molar-refractivity contribution in [3.63, 3.8) is 0 Å². The van der Waals surface area contributed by atoms with E-state index in [1.54, 1.807) is 4.90 Å². The molecule has 27 heavy (non-hydrogen) atoms. The zero-order valence-electron chi connectivity index (χ0n) is 14.6. The van der Waals surface area contributed by atoms with E-state index < -0.39 is 26.8 Å². The molecule has 11 heteroatoms. The number of sulfonamides is 1. The summed E-state index contributed by atoms with van der Waals surface area (Å²) in [6, 6.07) is 3.85. The zero-order chi connectivity index (χ0) is 19.6. The van der Waals surface area contributed by atoms with Crippen molar-refractivity contribution in [3.8, 4) is 0 Å². The van der Waals surface area contributed by atoms with Gasteiger partial charge >= 0.3 is 0 Å². The number of rotatable bonds is 5. The molecule has 2 heterocycles. The maximum Gasteiger partial charge on any atom is 0.293 e. The fourth-order valence-corrected chi connectivity index (χ4v) is 4.80. The standard InChI is InChI=1S/C16H21N3O7S/c20-16(21)12-3-5-17(6-4-12)14-2-1-13(11-15(14)19(22)23)27(24,25)18-7-9-26-10-8-18/h1-2,11-12H,3-10H2,(H,20,21)/p-1. The molecule has 0 aliphatic carbocycles. The number of carboxylic acid groups (broad SMARTS) is 1. The molecule has 3 rings (SSSR count). The van der Waals surface area contributed by atoms with Crippen LogP contribution in [0.2, 0.25) is 0 Å². The maximum atomic E-state index is 12.7. The van der Waals surface area contributed by atoms with Crippen molar-refractivity contribution in [1.82, 2.24) is 4.31 Å². The van der Waals surface area contributed by atoms with E-state index in [1.165, 1.54) is 16.4 Å². The number of carbonyl (C=O) groups excluding carboxylic acids is 1. The van der Waals surface area contributed by atoms with Gasteiger partial charge < -0.3 is 19.5 Å². The molecule has 0 bridgehead atoms. The SMILES string of the molecule is O=C([O-])C1CCN(c2ccc(S(=O)(=O)N3CCOCC3)cc2[N+](=O)[O-])CC1. The van der Waals surface area contributed by atoms with Crippen molar-refractivity contribution in [2.75, 3.05) is 44.3 Å². The third-order valence-corrected chi connectivity index (χ3v) is 6.82. The van der Waals surface area contributed by atoms with E-state index in [0.29, 0.717) is 25.9 Å². The topological polar surface area (TPSA) is 133 Å². The average Bonchev–Trinajstić information content (AvgIpc) is 2.68. The van der Waals surface area contributed by atoms with Gasteiger partial charge in [0.2, 0.25) is 10.0 Å². The molecule has 0 unspecified atom stereocenters. The number of hydrogen-bond acceptors (Lipinski definition) is 8. The summed E-state index contributed by atoms with van der Waals surface area (Å²) in [5, 5.41) is 22.5. The lowest BCUT2D eigenvalue weighted by Gasteiger charge is -2.33. The monoisotopic (exact) mass is 398 g/mol. The number of nitro groups is 1. The van der Waals surface area contributed by atoms with E-state index in [2.05, 4.69) is 0 Å². The highest BCUT2D eigenvalue weighted by atomic mass is 32.2. The Morgan fingerprint density at radius 2 is 1.78 bits per heavy atom. The predicted molar refractivity (Wildman–Crippen MR) is 92.6 cm³/mol. The van der Waals surface area contributed by atoms with Gasteiger partial charge in [-0.25, -0.2) is 8.42 Å². The fraction of sp³-hybridized carbons (Fsp3) is 0.562. The number of anilines is 1. The number of benzene rings is 1. The van der Waals surface area contributed by atoms with Gasteiger partial charge in [0.1, 0.15) is 5.69 Å². The highest BCUT2D eigenvalue weighted by molar-refractivity contribution is 7.89. The van der Waals surface area contributed by atoms with Gasteiger partial charge in [0.25, 0.3) is 5.69 Å². The van der Waals surface area contributed by atoms with Crippen LogP contribution < -0.4 is 10.0 Å². The highest BCUT2D eigenvalue weighted by Crippen LogP contribution is 2.34. The summed E-state index contributed by atoms with van der Waals surface area (Å²) in [7, 11) is -3.84. The van der Waals surface area contributed by atoms with Gasteiger partial charge in [-0.3, -0.25) is 10.1 Å². The second-order valence-electron chi connectivity index (χ2n) is 6.50. The van der Waals surface area contributed by atoms with Crippen LogP contribution in [0.5, 0.6) is 0 Å². The highest BCUT2D eigenvalue weighted by Gasteiger charge is 2.31. The minimum atomic E-state index is -3.84. The quantitative estimate of drug-likeness (QED) is 0.482. The Morgan fingerprint density at radius 3 is 2.33 bits per heavy atom. The first-order valence-electron chi connectivity index (χ1n) is 8.63. The zero-order valence-corrected chi connectivity index (χ0v) is 15.4. The number of carboxylic acids is 1. The molecule has 0 atom stereocenters. The fourth-order valence-electron chi connectivity index (χ4n) is 3.37. The molecule has 2 aliphatic heterocycles. The summed E-state index contributed by atoms with van der Waals surface area (Å²) in [6.07, 6.45) is 0.653. The number of ether oxygens (including phenoxy) is 1. The molecule has 2 saturated heterocycles. The van der Waals surface area contributed by atoms with Gasteiger partial charge in [-0.15, -0.1) is 0 Å². The number of carbonyl (C=O) groups is 1. The second-order valence-corrected chi connectivity index (χ2v) is 8.44. The molecular weight excluding hydrogens is 378 g/mol. The number of nitro benzene ring substituents is 1. The van der Waals surface area contributed by atoms with Gasteiger partial charge in [0.15, 0.2) is 0 Å². The molecule has 0 radical (unpaired) electrons. The molecule has 1 aromatic rings. The van der Waals surface area contributed by atoms with E-state index >= 15 is 0 Å². The third-order valence-electron chi connectivity index (χ3n) is 4.92. The molecule has 1 aromatic carbocycles. The lowest BCUT2D eigenvalue weighted by molar-refractivity contribution is -0.384. The largest absolute Gasteiger partial charge is 0.550 e. The Hall–Kier alpha value is -2.24. The smallest absolute Gasteiger partial charge is 0.293 e. The van der Waals surface area contributed by atoms with Crippen LogP contribution in [0, 0.1) is 16.0 Å². The van der Waals surface area contributed by atoms with Gasteiger partial charge in [0, 0.05) is 44.1 Å². The molecule has 0 amide bonds. The van der Waals surface area contributed by atoms with E-state index in [0.717, 1.165) is 6.07 Å². The van der Waals surface area contributed by atoms with Crippen LogP contribution in [0.4, 0.5) is 11.4 Å². The van der Waals surface area contributed by atoms with Crippen molar-refractivity contribution < 1.29 is 28.0 Å². The normalized spacial score (nSPS) is 19.8. The van der Waals surface area contributed by atoms with E-state index in [-0.39, 0.29) is 42.6 Å². The second kappa shape index (κ2) is 7.79. The molecule has 148 valence electrons. The molecule has 2 aliphatic rings. The minimum Gasteiger partial charge on any atom is -0.550 e. The molecule has 2 fully saturated rings. The number of nitrogens with zero attached hydrogens (tertiary/aromatic N) is 3. The first-order chi connectivity index (χ1) is 12.8. The number of piperidine rings is 1. The number of hydrogen-bond donors (Lipinski definition) is 0. The predicted octanol–water partition coefficient (Wildman–Crippen LogP) is -0.418. The molecule has 0 saturated carbocycles. The van der Waals surface area contributed by atoms with Gasteiger partial charge in [-0.05, 0) is 25.0 Å². The average molecular weight is 398 g/mol. The van der Waals surface area contributed by atoms with Crippen molar-refractivity contribution in [3.05, 3.63) is 28.3 Å². The lowest BCUT2D eigenvalue weighted by Crippen LogP contribution is -2.41. The first kappa shape index (κ1) is 19.5. The van der Waals surface area contributed by atoms with Crippen LogP contribution >= 0.6 is 0 Å². The van der Waals surface area contributed by atoms with Crippen LogP contribution in [0.15, 0.2) is 23.1 Å². The summed E-state index contributed by atoms with van der Waals surface area (Å²) in [5.74, 6) is -1.68. The summed E-state index contributed by atoms with van der Waals surface area (Å²) in [4.78, 5) is 23.5. The van der Waals surface area contributed by atoms with E-state index in [4.69, 9.17) is 4.74 Å². The molecule has 10 nitrogen and oxygen atoms in total. The van der Waals surface area contributed by atoms with Crippen LogP contribution in [-0.4, -0.2) is 63.0 Å². The lowest BCUT2D eigenvalue weighted by atomic mass is 9.96. The summed E-state index contributed by atoms with van der Waals surface area (Å²) < 4.78 is 31.9. The Kier molecular flexibility index (Phi) is 5.63. The Balaban J connectivity index is 1.87. The Morgan fingerprint density at radius 1 is 1.15 bits per heavy atom. The summed E-state index contributed by atoms with van der Waals surface area (Å²) >= 11 is 0. The molecule has 0 aromatic heterocycles. The summed E-state index contributed by atoms with van der Waals surface area (Å²) in [5.41, 5.74) is -0.0195. The van der Waals surface area contributed by atoms with Crippen LogP contribution in [0.25, 0.3) is 0 Å².